The van der Waals surface area contributed by atoms with E-state index in [1.165, 1.54) is 17.8 Å². The van der Waals surface area contributed by atoms with Crippen molar-refractivity contribution in [1.82, 2.24) is 14.4 Å². The lowest BCUT2D eigenvalue weighted by Gasteiger charge is -2.23. The molecule has 2 aromatic rings. The fraction of sp³-hybridized carbons (Fsp3) is 0.500. The van der Waals surface area contributed by atoms with Crippen molar-refractivity contribution in [2.75, 3.05) is 0 Å². The van der Waals surface area contributed by atoms with Crippen LogP contribution in [0.25, 0.3) is 5.78 Å². The SMILES string of the molecule is CC1Cc2c(nc3ncc(Br)cn23)C(C)C1. The van der Waals surface area contributed by atoms with Crippen LogP contribution >= 0.6 is 15.9 Å². The molecule has 0 aromatic carbocycles. The average molecular weight is 280 g/mol. The lowest BCUT2D eigenvalue weighted by Crippen LogP contribution is -2.15. The van der Waals surface area contributed by atoms with Gasteiger partial charge < -0.3 is 0 Å². The number of imidazole rings is 1. The molecule has 0 amide bonds. The first kappa shape index (κ1) is 10.3. The van der Waals surface area contributed by atoms with Gasteiger partial charge in [0.25, 0.3) is 0 Å². The van der Waals surface area contributed by atoms with Gasteiger partial charge in [0, 0.05) is 24.0 Å². The molecule has 0 N–H and O–H groups in total. The highest BCUT2D eigenvalue weighted by molar-refractivity contribution is 9.10. The highest BCUT2D eigenvalue weighted by atomic mass is 79.9. The molecule has 2 heterocycles. The molecule has 1 aliphatic rings. The molecule has 2 atom stereocenters. The number of hydrogen-bond donors (Lipinski definition) is 0. The summed E-state index contributed by atoms with van der Waals surface area (Å²) in [6, 6.07) is 0. The Labute approximate surface area is 103 Å². The molecule has 2 unspecified atom stereocenters. The van der Waals surface area contributed by atoms with Crippen LogP contribution in [0, 0.1) is 5.92 Å². The van der Waals surface area contributed by atoms with Crippen molar-refractivity contribution in [3.63, 3.8) is 0 Å². The molecular weight excluding hydrogens is 266 g/mol. The Morgan fingerprint density at radius 2 is 2.25 bits per heavy atom. The zero-order valence-corrected chi connectivity index (χ0v) is 11.0. The fourth-order valence-corrected chi connectivity index (χ4v) is 3.01. The van der Waals surface area contributed by atoms with Gasteiger partial charge in [0.15, 0.2) is 0 Å². The first-order valence-electron chi connectivity index (χ1n) is 5.67. The van der Waals surface area contributed by atoms with Crippen LogP contribution in [0.1, 0.15) is 37.6 Å². The molecule has 0 saturated heterocycles. The smallest absolute Gasteiger partial charge is 0.234 e. The molecule has 0 bridgehead atoms. The topological polar surface area (TPSA) is 30.2 Å². The van der Waals surface area contributed by atoms with E-state index < -0.39 is 0 Å². The zero-order chi connectivity index (χ0) is 11.3. The highest BCUT2D eigenvalue weighted by Crippen LogP contribution is 2.34. The number of aromatic nitrogens is 3. The summed E-state index contributed by atoms with van der Waals surface area (Å²) >= 11 is 3.46. The molecule has 84 valence electrons. The lowest BCUT2D eigenvalue weighted by atomic mass is 9.84. The van der Waals surface area contributed by atoms with Crippen LogP contribution in [0.15, 0.2) is 16.9 Å². The Morgan fingerprint density at radius 1 is 1.44 bits per heavy atom. The monoisotopic (exact) mass is 279 g/mol. The summed E-state index contributed by atoms with van der Waals surface area (Å²) < 4.78 is 3.14. The van der Waals surface area contributed by atoms with Crippen LogP contribution < -0.4 is 0 Å². The maximum Gasteiger partial charge on any atom is 0.234 e. The van der Waals surface area contributed by atoms with E-state index in [-0.39, 0.29) is 0 Å². The minimum atomic E-state index is 0.555. The number of fused-ring (bicyclic) bond motifs is 3. The van der Waals surface area contributed by atoms with Gasteiger partial charge in [-0.15, -0.1) is 0 Å². The van der Waals surface area contributed by atoms with Crippen LogP contribution in [0.5, 0.6) is 0 Å². The molecule has 0 fully saturated rings. The average Bonchev–Trinajstić information content (AvgIpc) is 2.57. The fourth-order valence-electron chi connectivity index (χ4n) is 2.70. The van der Waals surface area contributed by atoms with E-state index in [9.17, 15) is 0 Å². The highest BCUT2D eigenvalue weighted by Gasteiger charge is 2.26. The summed E-state index contributed by atoms with van der Waals surface area (Å²) in [5.41, 5.74) is 2.58. The Balaban J connectivity index is 2.27. The van der Waals surface area contributed by atoms with Crippen LogP contribution in [-0.2, 0) is 6.42 Å². The summed E-state index contributed by atoms with van der Waals surface area (Å²) in [6.07, 6.45) is 6.22. The standard InChI is InChI=1S/C12H14BrN3/c1-7-3-8(2)11-10(4-7)16-6-9(13)5-14-12(16)15-11/h5-8H,3-4H2,1-2H3. The first-order chi connectivity index (χ1) is 7.65. The quantitative estimate of drug-likeness (QED) is 0.742. The second-order valence-corrected chi connectivity index (χ2v) is 5.75. The summed E-state index contributed by atoms with van der Waals surface area (Å²) in [5, 5.41) is 0. The van der Waals surface area contributed by atoms with Crippen molar-refractivity contribution in [3.8, 4) is 0 Å². The maximum atomic E-state index is 4.64. The van der Waals surface area contributed by atoms with Crippen LogP contribution in [0.3, 0.4) is 0 Å². The van der Waals surface area contributed by atoms with E-state index in [4.69, 9.17) is 0 Å². The molecule has 1 aliphatic carbocycles. The van der Waals surface area contributed by atoms with Gasteiger partial charge in [0.2, 0.25) is 5.78 Å². The maximum absolute atomic E-state index is 4.64. The van der Waals surface area contributed by atoms with Gasteiger partial charge >= 0.3 is 0 Å². The van der Waals surface area contributed by atoms with Crippen molar-refractivity contribution >= 4 is 21.7 Å². The summed E-state index contributed by atoms with van der Waals surface area (Å²) in [6.45, 7) is 4.57. The molecule has 3 nitrogen and oxygen atoms in total. The Morgan fingerprint density at radius 3 is 3.06 bits per heavy atom. The lowest BCUT2D eigenvalue weighted by molar-refractivity contribution is 0.438. The van der Waals surface area contributed by atoms with Crippen molar-refractivity contribution in [1.29, 1.82) is 0 Å². The van der Waals surface area contributed by atoms with E-state index in [0.29, 0.717) is 5.92 Å². The Hall–Kier alpha value is -0.900. The minimum absolute atomic E-state index is 0.555. The number of rotatable bonds is 0. The van der Waals surface area contributed by atoms with Crippen molar-refractivity contribution in [2.24, 2.45) is 5.92 Å². The second kappa shape index (κ2) is 3.55. The predicted octanol–water partition coefficient (Wildman–Crippen LogP) is 3.18. The van der Waals surface area contributed by atoms with E-state index in [0.717, 1.165) is 22.6 Å². The van der Waals surface area contributed by atoms with E-state index in [2.05, 4.69) is 50.3 Å². The van der Waals surface area contributed by atoms with Gasteiger partial charge in [-0.3, -0.25) is 4.40 Å². The van der Waals surface area contributed by atoms with Gasteiger partial charge in [-0.2, -0.15) is 0 Å². The predicted molar refractivity (Wildman–Crippen MR) is 66.6 cm³/mol. The van der Waals surface area contributed by atoms with Crippen molar-refractivity contribution < 1.29 is 0 Å². The number of nitrogens with zero attached hydrogens (tertiary/aromatic N) is 3. The molecule has 0 saturated carbocycles. The van der Waals surface area contributed by atoms with E-state index in [1.54, 1.807) is 0 Å². The molecule has 0 radical (unpaired) electrons. The van der Waals surface area contributed by atoms with Gasteiger partial charge in [-0.05, 0) is 34.7 Å². The largest absolute Gasteiger partial charge is 0.287 e. The van der Waals surface area contributed by atoms with E-state index >= 15 is 0 Å². The molecule has 4 heteroatoms. The number of hydrogen-bond acceptors (Lipinski definition) is 2. The third kappa shape index (κ3) is 1.47. The Bertz CT molecular complexity index is 546. The van der Waals surface area contributed by atoms with E-state index in [1.807, 2.05) is 6.20 Å². The van der Waals surface area contributed by atoms with Gasteiger partial charge in [-0.25, -0.2) is 9.97 Å². The van der Waals surface area contributed by atoms with Gasteiger partial charge in [0.05, 0.1) is 10.2 Å². The molecular formula is C12H14BrN3. The van der Waals surface area contributed by atoms with Gasteiger partial charge in [-0.1, -0.05) is 13.8 Å². The molecule has 0 spiro atoms. The Kier molecular flexibility index (Phi) is 2.28. The summed E-state index contributed by atoms with van der Waals surface area (Å²) in [7, 11) is 0. The second-order valence-electron chi connectivity index (χ2n) is 4.83. The molecule has 2 aromatic heterocycles. The first-order valence-corrected chi connectivity index (χ1v) is 6.47. The summed E-state index contributed by atoms with van der Waals surface area (Å²) in [4.78, 5) is 8.99. The van der Waals surface area contributed by atoms with Gasteiger partial charge in [0.1, 0.15) is 0 Å². The minimum Gasteiger partial charge on any atom is -0.287 e. The molecule has 0 aliphatic heterocycles. The van der Waals surface area contributed by atoms with Crippen LogP contribution in [-0.4, -0.2) is 14.4 Å². The zero-order valence-electron chi connectivity index (χ0n) is 9.44. The third-order valence-corrected chi connectivity index (χ3v) is 3.75. The summed E-state index contributed by atoms with van der Waals surface area (Å²) in [5.74, 6) is 2.12. The van der Waals surface area contributed by atoms with Crippen LogP contribution in [0.2, 0.25) is 0 Å². The normalized spacial score (nSPS) is 24.7. The van der Waals surface area contributed by atoms with Crippen LogP contribution in [0.4, 0.5) is 0 Å². The van der Waals surface area contributed by atoms with Crippen molar-refractivity contribution in [3.05, 3.63) is 28.3 Å². The number of halogens is 1. The van der Waals surface area contributed by atoms with Crippen molar-refractivity contribution in [2.45, 2.75) is 32.6 Å². The third-order valence-electron chi connectivity index (χ3n) is 3.34. The molecule has 3 rings (SSSR count). The molecule has 16 heavy (non-hydrogen) atoms.